The van der Waals surface area contributed by atoms with Crippen LogP contribution in [0.1, 0.15) is 11.1 Å². The summed E-state index contributed by atoms with van der Waals surface area (Å²) < 4.78 is 28.3. The molecule has 2 aromatic carbocycles. The van der Waals surface area contributed by atoms with Crippen molar-refractivity contribution in [3.63, 3.8) is 0 Å². The Morgan fingerprint density at radius 1 is 1.00 bits per heavy atom. The van der Waals surface area contributed by atoms with E-state index in [0.717, 1.165) is 22.5 Å². The fraction of sp³-hybridized carbons (Fsp3) is 0.0455. The van der Waals surface area contributed by atoms with E-state index >= 15 is 0 Å². The molecule has 0 atom stereocenters. The van der Waals surface area contributed by atoms with Crippen molar-refractivity contribution in [1.82, 2.24) is 14.6 Å². The summed E-state index contributed by atoms with van der Waals surface area (Å²) >= 11 is 1.13. The highest BCUT2D eigenvalue weighted by Crippen LogP contribution is 2.36. The van der Waals surface area contributed by atoms with Crippen LogP contribution in [-0.4, -0.2) is 29.3 Å². The van der Waals surface area contributed by atoms with E-state index in [1.807, 2.05) is 49.4 Å². The van der Waals surface area contributed by atoms with Gasteiger partial charge in [0.25, 0.3) is 0 Å². The summed E-state index contributed by atoms with van der Waals surface area (Å²) in [5.74, 6) is -0.0259. The third-order valence-electron chi connectivity index (χ3n) is 4.86. The van der Waals surface area contributed by atoms with E-state index in [-0.39, 0.29) is 26.1 Å². The number of hydrogen-bond acceptors (Lipinski definition) is 7. The van der Waals surface area contributed by atoms with Crippen LogP contribution in [0.4, 0.5) is 5.82 Å². The van der Waals surface area contributed by atoms with Crippen molar-refractivity contribution in [3.05, 3.63) is 77.2 Å². The van der Waals surface area contributed by atoms with Gasteiger partial charge in [-0.3, -0.25) is 0 Å². The second-order valence-electron chi connectivity index (χ2n) is 7.00. The van der Waals surface area contributed by atoms with Crippen LogP contribution in [0.2, 0.25) is 0 Å². The number of aromatic nitrogens is 3. The van der Waals surface area contributed by atoms with Crippen molar-refractivity contribution in [2.24, 2.45) is 5.10 Å². The first kappa shape index (κ1) is 19.4. The van der Waals surface area contributed by atoms with Crippen molar-refractivity contribution in [3.8, 4) is 0 Å². The van der Waals surface area contributed by atoms with E-state index < -0.39 is 9.84 Å². The lowest BCUT2D eigenvalue weighted by molar-refractivity contribution is 0.599. The van der Waals surface area contributed by atoms with Crippen LogP contribution in [0, 0.1) is 6.92 Å². The number of hydrogen-bond donors (Lipinski definition) is 1. The molecule has 2 N–H and O–H groups in total. The number of nitrogens with zero attached hydrogens (tertiary/aromatic N) is 4. The number of benzene rings is 2. The molecule has 3 aromatic heterocycles. The monoisotopic (exact) mass is 447 g/mol. The third-order valence-corrected chi connectivity index (χ3v) is 8.07. The smallest absolute Gasteiger partial charge is 0.221 e. The van der Waals surface area contributed by atoms with Gasteiger partial charge in [0.15, 0.2) is 5.65 Å². The first-order valence-corrected chi connectivity index (χ1v) is 11.8. The molecule has 0 radical (unpaired) electrons. The SMILES string of the molecule is Cc1ccc(/C=N/n2c(N)c(S(=O)(=O)c3cccs3)c3nc4ccccc4nc32)cc1. The summed E-state index contributed by atoms with van der Waals surface area (Å²) in [6.07, 6.45) is 1.62. The molecular formula is C22H17N5O2S2. The van der Waals surface area contributed by atoms with Crippen LogP contribution >= 0.6 is 11.3 Å². The molecule has 3 heterocycles. The van der Waals surface area contributed by atoms with E-state index in [9.17, 15) is 8.42 Å². The quantitative estimate of drug-likeness (QED) is 0.415. The van der Waals surface area contributed by atoms with Gasteiger partial charge in [0.2, 0.25) is 9.84 Å². The number of aryl methyl sites for hydroxylation is 1. The number of fused-ring (bicyclic) bond motifs is 2. The molecule has 31 heavy (non-hydrogen) atoms. The molecule has 0 aliphatic heterocycles. The Kier molecular flexibility index (Phi) is 4.57. The number of para-hydroxylation sites is 2. The van der Waals surface area contributed by atoms with E-state index in [1.54, 1.807) is 29.8 Å². The van der Waals surface area contributed by atoms with Gasteiger partial charge in [0.1, 0.15) is 20.4 Å². The van der Waals surface area contributed by atoms with Crippen molar-refractivity contribution < 1.29 is 8.42 Å². The zero-order valence-electron chi connectivity index (χ0n) is 16.4. The molecular weight excluding hydrogens is 430 g/mol. The number of nitrogen functional groups attached to an aromatic ring is 1. The Morgan fingerprint density at radius 3 is 2.39 bits per heavy atom. The third kappa shape index (κ3) is 3.28. The van der Waals surface area contributed by atoms with Gasteiger partial charge in [-0.05, 0) is 36.1 Å². The predicted octanol–water partition coefficient (Wildman–Crippen LogP) is 4.25. The van der Waals surface area contributed by atoms with Gasteiger partial charge in [-0.15, -0.1) is 11.3 Å². The fourth-order valence-electron chi connectivity index (χ4n) is 3.30. The summed E-state index contributed by atoms with van der Waals surface area (Å²) in [5.41, 5.74) is 10.0. The molecule has 0 aliphatic rings. The highest BCUT2D eigenvalue weighted by atomic mass is 32.2. The Bertz CT molecular complexity index is 1550. The molecule has 0 bridgehead atoms. The molecule has 0 spiro atoms. The topological polar surface area (TPSA) is 103 Å². The standard InChI is InChI=1S/C22H17N5O2S2/c1-14-8-10-15(11-9-14)13-24-27-21(23)20(31(28,29)18-7-4-12-30-18)19-22(27)26-17-6-3-2-5-16(17)25-19/h2-13H,23H2,1H3/b24-13+. The summed E-state index contributed by atoms with van der Waals surface area (Å²) in [6, 6.07) is 18.3. The fourth-order valence-corrected chi connectivity index (χ4v) is 5.88. The average molecular weight is 448 g/mol. The maximum atomic E-state index is 13.4. The molecule has 9 heteroatoms. The summed E-state index contributed by atoms with van der Waals surface area (Å²) in [4.78, 5) is 9.14. The molecule has 7 nitrogen and oxygen atoms in total. The van der Waals surface area contributed by atoms with Crippen molar-refractivity contribution in [2.75, 3.05) is 5.73 Å². The lowest BCUT2D eigenvalue weighted by Crippen LogP contribution is -2.05. The second kappa shape index (κ2) is 7.29. The van der Waals surface area contributed by atoms with Crippen LogP contribution in [0.5, 0.6) is 0 Å². The van der Waals surface area contributed by atoms with Crippen molar-refractivity contribution in [1.29, 1.82) is 0 Å². The summed E-state index contributed by atoms with van der Waals surface area (Å²) in [6.45, 7) is 2.00. The minimum absolute atomic E-state index is 0.0259. The maximum Gasteiger partial charge on any atom is 0.221 e. The molecule has 0 aliphatic carbocycles. The average Bonchev–Trinajstić information content (AvgIpc) is 3.39. The van der Waals surface area contributed by atoms with Gasteiger partial charge in [-0.2, -0.15) is 9.78 Å². The Morgan fingerprint density at radius 2 is 1.71 bits per heavy atom. The van der Waals surface area contributed by atoms with Gasteiger partial charge >= 0.3 is 0 Å². The molecule has 0 saturated heterocycles. The molecule has 0 unspecified atom stereocenters. The minimum Gasteiger partial charge on any atom is -0.382 e. The van der Waals surface area contributed by atoms with Gasteiger partial charge in [-0.1, -0.05) is 48.0 Å². The van der Waals surface area contributed by atoms with Crippen molar-refractivity contribution in [2.45, 2.75) is 16.0 Å². The lowest BCUT2D eigenvalue weighted by atomic mass is 10.2. The molecule has 0 saturated carbocycles. The number of anilines is 1. The van der Waals surface area contributed by atoms with Crippen LogP contribution in [-0.2, 0) is 9.84 Å². The van der Waals surface area contributed by atoms with E-state index in [2.05, 4.69) is 15.1 Å². The Labute approximate surface area is 182 Å². The van der Waals surface area contributed by atoms with Gasteiger partial charge < -0.3 is 5.73 Å². The van der Waals surface area contributed by atoms with Crippen LogP contribution in [0.25, 0.3) is 22.2 Å². The molecule has 0 amide bonds. The second-order valence-corrected chi connectivity index (χ2v) is 10.1. The maximum absolute atomic E-state index is 13.4. The Hall–Kier alpha value is -3.56. The zero-order chi connectivity index (χ0) is 21.6. The van der Waals surface area contributed by atoms with E-state index in [4.69, 9.17) is 5.73 Å². The van der Waals surface area contributed by atoms with Crippen LogP contribution in [0.15, 0.2) is 80.2 Å². The molecule has 154 valence electrons. The van der Waals surface area contributed by atoms with Crippen LogP contribution < -0.4 is 5.73 Å². The summed E-state index contributed by atoms with van der Waals surface area (Å²) in [7, 11) is -3.89. The molecule has 5 rings (SSSR count). The number of rotatable bonds is 4. The number of thiophene rings is 1. The molecule has 0 fully saturated rings. The number of nitrogens with two attached hydrogens (primary N) is 1. The van der Waals surface area contributed by atoms with Gasteiger partial charge in [-0.25, -0.2) is 18.4 Å². The van der Waals surface area contributed by atoms with E-state index in [1.165, 1.54) is 4.68 Å². The normalized spacial score (nSPS) is 12.3. The predicted molar refractivity (Wildman–Crippen MR) is 123 cm³/mol. The molecule has 5 aromatic rings. The van der Waals surface area contributed by atoms with Gasteiger partial charge in [0.05, 0.1) is 17.2 Å². The largest absolute Gasteiger partial charge is 0.382 e. The number of sulfone groups is 1. The Balaban J connectivity index is 1.80. The minimum atomic E-state index is -3.89. The van der Waals surface area contributed by atoms with Crippen molar-refractivity contribution >= 4 is 55.4 Å². The van der Waals surface area contributed by atoms with Gasteiger partial charge in [0, 0.05) is 0 Å². The van der Waals surface area contributed by atoms with Crippen LogP contribution in [0.3, 0.4) is 0 Å². The highest BCUT2D eigenvalue weighted by molar-refractivity contribution is 7.93. The first-order chi connectivity index (χ1) is 14.9. The van der Waals surface area contributed by atoms with E-state index in [0.29, 0.717) is 11.0 Å². The summed E-state index contributed by atoms with van der Waals surface area (Å²) in [5, 5.41) is 6.17. The zero-order valence-corrected chi connectivity index (χ0v) is 18.1. The highest BCUT2D eigenvalue weighted by Gasteiger charge is 2.31. The first-order valence-electron chi connectivity index (χ1n) is 9.41. The lowest BCUT2D eigenvalue weighted by Gasteiger charge is -2.02.